The van der Waals surface area contributed by atoms with Crippen molar-refractivity contribution < 1.29 is 14.7 Å². The Labute approximate surface area is 120 Å². The molecule has 2 heterocycles. The summed E-state index contributed by atoms with van der Waals surface area (Å²) in [7, 11) is 0. The summed E-state index contributed by atoms with van der Waals surface area (Å²) in [5.41, 5.74) is 0. The van der Waals surface area contributed by atoms with Crippen LogP contribution in [0, 0.1) is 5.92 Å². The highest BCUT2D eigenvalue weighted by Gasteiger charge is 2.38. The number of hydrogen-bond donors (Lipinski definition) is 2. The van der Waals surface area contributed by atoms with E-state index in [4.69, 9.17) is 5.11 Å². The van der Waals surface area contributed by atoms with Crippen LogP contribution >= 0.6 is 0 Å². The topological polar surface area (TPSA) is 72.9 Å². The van der Waals surface area contributed by atoms with E-state index in [0.717, 1.165) is 13.1 Å². The van der Waals surface area contributed by atoms with Crippen LogP contribution in [0.25, 0.3) is 0 Å². The molecule has 114 valence electrons. The smallest absolute Gasteiger partial charge is 0.317 e. The molecule has 3 atom stereocenters. The van der Waals surface area contributed by atoms with Gasteiger partial charge < -0.3 is 15.3 Å². The molecule has 2 amide bonds. The molecule has 2 rings (SSSR count). The van der Waals surface area contributed by atoms with E-state index in [9.17, 15) is 9.59 Å². The van der Waals surface area contributed by atoms with E-state index in [1.165, 1.54) is 12.8 Å². The molecule has 2 aliphatic rings. The van der Waals surface area contributed by atoms with E-state index in [2.05, 4.69) is 17.1 Å². The fourth-order valence-electron chi connectivity index (χ4n) is 3.20. The maximum Gasteiger partial charge on any atom is 0.317 e. The number of nitrogens with zero attached hydrogens (tertiary/aromatic N) is 2. The summed E-state index contributed by atoms with van der Waals surface area (Å²) in [5, 5.41) is 12.0. The van der Waals surface area contributed by atoms with Gasteiger partial charge in [-0.1, -0.05) is 0 Å². The number of hydrogen-bond acceptors (Lipinski definition) is 3. The Morgan fingerprint density at radius 2 is 1.95 bits per heavy atom. The SMILES string of the molecule is CC(CNC(=O)N1CCC(C(=O)O)C1C)N1CCCC1. The Morgan fingerprint density at radius 1 is 1.30 bits per heavy atom. The number of rotatable bonds is 4. The number of likely N-dealkylation sites (tertiary alicyclic amines) is 2. The minimum Gasteiger partial charge on any atom is -0.481 e. The van der Waals surface area contributed by atoms with Crippen LogP contribution in [0.5, 0.6) is 0 Å². The van der Waals surface area contributed by atoms with Crippen molar-refractivity contribution in [3.63, 3.8) is 0 Å². The van der Waals surface area contributed by atoms with Crippen molar-refractivity contribution in [2.24, 2.45) is 5.92 Å². The molecule has 0 aromatic rings. The third-order valence-corrected chi connectivity index (χ3v) is 4.65. The number of carboxylic acid groups (broad SMARTS) is 1. The molecule has 6 heteroatoms. The van der Waals surface area contributed by atoms with E-state index in [1.807, 2.05) is 6.92 Å². The van der Waals surface area contributed by atoms with Crippen molar-refractivity contribution in [1.29, 1.82) is 0 Å². The lowest BCUT2D eigenvalue weighted by Gasteiger charge is -2.27. The van der Waals surface area contributed by atoms with E-state index >= 15 is 0 Å². The highest BCUT2D eigenvalue weighted by atomic mass is 16.4. The molecule has 0 aliphatic carbocycles. The number of amides is 2. The van der Waals surface area contributed by atoms with Gasteiger partial charge in [-0.2, -0.15) is 0 Å². The summed E-state index contributed by atoms with van der Waals surface area (Å²) in [6.45, 7) is 7.31. The fourth-order valence-corrected chi connectivity index (χ4v) is 3.20. The van der Waals surface area contributed by atoms with Gasteiger partial charge in [0, 0.05) is 25.2 Å². The molecular formula is C14H25N3O3. The minimum absolute atomic E-state index is 0.132. The van der Waals surface area contributed by atoms with E-state index in [1.54, 1.807) is 4.90 Å². The van der Waals surface area contributed by atoms with Crippen LogP contribution in [0.15, 0.2) is 0 Å². The molecule has 2 fully saturated rings. The molecule has 6 nitrogen and oxygen atoms in total. The van der Waals surface area contributed by atoms with Gasteiger partial charge in [0.2, 0.25) is 0 Å². The summed E-state index contributed by atoms with van der Waals surface area (Å²) in [4.78, 5) is 27.2. The Balaban J connectivity index is 1.79. The van der Waals surface area contributed by atoms with Gasteiger partial charge in [0.15, 0.2) is 0 Å². The first-order chi connectivity index (χ1) is 9.50. The average molecular weight is 283 g/mol. The van der Waals surface area contributed by atoms with Crippen molar-refractivity contribution in [3.05, 3.63) is 0 Å². The van der Waals surface area contributed by atoms with Gasteiger partial charge in [0.05, 0.1) is 5.92 Å². The van der Waals surface area contributed by atoms with E-state index < -0.39 is 11.9 Å². The van der Waals surface area contributed by atoms with Crippen LogP contribution in [0.2, 0.25) is 0 Å². The second-order valence-corrected chi connectivity index (χ2v) is 5.95. The normalized spacial score (nSPS) is 28.6. The van der Waals surface area contributed by atoms with Crippen LogP contribution in [0.1, 0.15) is 33.1 Å². The maximum absolute atomic E-state index is 12.1. The predicted molar refractivity (Wildman–Crippen MR) is 75.6 cm³/mol. The quantitative estimate of drug-likeness (QED) is 0.806. The molecule has 3 unspecified atom stereocenters. The van der Waals surface area contributed by atoms with Gasteiger partial charge in [0.1, 0.15) is 0 Å². The first-order valence-corrected chi connectivity index (χ1v) is 7.52. The summed E-state index contributed by atoms with van der Waals surface area (Å²) in [6.07, 6.45) is 3.02. The summed E-state index contributed by atoms with van der Waals surface area (Å²) >= 11 is 0. The third-order valence-electron chi connectivity index (χ3n) is 4.65. The average Bonchev–Trinajstić information content (AvgIpc) is 3.04. The predicted octanol–water partition coefficient (Wildman–Crippen LogP) is 0.975. The Morgan fingerprint density at radius 3 is 2.50 bits per heavy atom. The molecule has 0 aromatic carbocycles. The van der Waals surface area contributed by atoms with Crippen molar-refractivity contribution >= 4 is 12.0 Å². The zero-order valence-electron chi connectivity index (χ0n) is 12.3. The van der Waals surface area contributed by atoms with Crippen LogP contribution in [0.4, 0.5) is 4.79 Å². The van der Waals surface area contributed by atoms with Crippen molar-refractivity contribution in [2.45, 2.75) is 45.2 Å². The molecule has 20 heavy (non-hydrogen) atoms. The summed E-state index contributed by atoms with van der Waals surface area (Å²) < 4.78 is 0. The van der Waals surface area contributed by atoms with Crippen molar-refractivity contribution in [3.8, 4) is 0 Å². The van der Waals surface area contributed by atoms with Crippen molar-refractivity contribution in [1.82, 2.24) is 15.1 Å². The maximum atomic E-state index is 12.1. The van der Waals surface area contributed by atoms with Gasteiger partial charge in [-0.25, -0.2) is 4.79 Å². The Kier molecular flexibility index (Phi) is 4.86. The highest BCUT2D eigenvalue weighted by Crippen LogP contribution is 2.24. The van der Waals surface area contributed by atoms with Crippen LogP contribution in [0.3, 0.4) is 0 Å². The molecule has 0 spiro atoms. The third kappa shape index (κ3) is 3.23. The number of carbonyl (C=O) groups excluding carboxylic acids is 1. The summed E-state index contributed by atoms with van der Waals surface area (Å²) in [6, 6.07) is -0.0171. The van der Waals surface area contributed by atoms with Gasteiger partial charge in [-0.3, -0.25) is 9.69 Å². The van der Waals surface area contributed by atoms with Gasteiger partial charge in [-0.15, -0.1) is 0 Å². The first-order valence-electron chi connectivity index (χ1n) is 7.52. The van der Waals surface area contributed by atoms with Crippen LogP contribution in [-0.2, 0) is 4.79 Å². The molecule has 0 aromatic heterocycles. The largest absolute Gasteiger partial charge is 0.481 e. The highest BCUT2D eigenvalue weighted by molar-refractivity contribution is 5.78. The molecule has 0 saturated carbocycles. The number of carbonyl (C=O) groups is 2. The molecule has 0 bridgehead atoms. The lowest BCUT2D eigenvalue weighted by Crippen LogP contribution is -2.48. The zero-order valence-corrected chi connectivity index (χ0v) is 12.3. The Bertz CT molecular complexity index is 369. The molecule has 2 aliphatic heterocycles. The summed E-state index contributed by atoms with van der Waals surface area (Å²) in [5.74, 6) is -1.24. The number of aliphatic carboxylic acids is 1. The number of nitrogens with one attached hydrogen (secondary N) is 1. The monoisotopic (exact) mass is 283 g/mol. The molecule has 0 radical (unpaired) electrons. The Hall–Kier alpha value is -1.30. The minimum atomic E-state index is -0.807. The van der Waals surface area contributed by atoms with Gasteiger partial charge in [0.25, 0.3) is 0 Å². The van der Waals surface area contributed by atoms with Crippen molar-refractivity contribution in [2.75, 3.05) is 26.2 Å². The zero-order chi connectivity index (χ0) is 14.7. The second kappa shape index (κ2) is 6.43. The first kappa shape index (κ1) is 15.1. The van der Waals surface area contributed by atoms with Crippen LogP contribution in [-0.4, -0.2) is 65.2 Å². The molecule has 2 saturated heterocycles. The molecule has 2 N–H and O–H groups in total. The van der Waals surface area contributed by atoms with E-state index in [-0.39, 0.29) is 12.1 Å². The standard InChI is InChI=1S/C14H25N3O3/c1-10(16-6-3-4-7-16)9-15-14(20)17-8-5-12(11(17)2)13(18)19/h10-12H,3-9H2,1-2H3,(H,15,20)(H,18,19). The number of urea groups is 1. The molecular weight excluding hydrogens is 258 g/mol. The van der Waals surface area contributed by atoms with Crippen LogP contribution < -0.4 is 5.32 Å². The number of carboxylic acids is 1. The lowest BCUT2D eigenvalue weighted by atomic mass is 10.0. The van der Waals surface area contributed by atoms with E-state index in [0.29, 0.717) is 25.6 Å². The van der Waals surface area contributed by atoms with Gasteiger partial charge in [-0.05, 0) is 46.2 Å². The van der Waals surface area contributed by atoms with Gasteiger partial charge >= 0.3 is 12.0 Å². The fraction of sp³-hybridized carbons (Fsp3) is 0.857. The lowest BCUT2D eigenvalue weighted by molar-refractivity contribution is -0.142. The second-order valence-electron chi connectivity index (χ2n) is 5.95.